The van der Waals surface area contributed by atoms with Crippen LogP contribution < -0.4 is 19.7 Å². The molecular formula is C22H26N2O4S. The molecule has 0 unspecified atom stereocenters. The molecule has 0 aromatic heterocycles. The van der Waals surface area contributed by atoms with Crippen molar-refractivity contribution in [1.29, 1.82) is 0 Å². The first kappa shape index (κ1) is 20.1. The first-order valence-corrected chi connectivity index (χ1v) is 10.7. The van der Waals surface area contributed by atoms with Gasteiger partial charge in [0.05, 0.1) is 25.2 Å². The van der Waals surface area contributed by atoms with Gasteiger partial charge in [0, 0.05) is 17.5 Å². The highest BCUT2D eigenvalue weighted by Gasteiger charge is 2.38. The van der Waals surface area contributed by atoms with Crippen LogP contribution in [0.2, 0.25) is 0 Å². The lowest BCUT2D eigenvalue weighted by atomic mass is 10.1. The van der Waals surface area contributed by atoms with Gasteiger partial charge in [0.25, 0.3) is 5.91 Å². The number of fused-ring (bicyclic) bond motifs is 1. The van der Waals surface area contributed by atoms with E-state index < -0.39 is 11.4 Å². The number of aliphatic hydroxyl groups excluding tert-OH is 1. The second-order valence-corrected chi connectivity index (χ2v) is 8.52. The molecule has 1 amide bonds. The third-order valence-electron chi connectivity index (χ3n) is 5.53. The Morgan fingerprint density at radius 3 is 2.52 bits per heavy atom. The predicted octanol–water partition coefficient (Wildman–Crippen LogP) is 3.00. The second kappa shape index (κ2) is 8.65. The number of hydrogen-bond acceptors (Lipinski definition) is 6. The fourth-order valence-electron chi connectivity index (χ4n) is 3.91. The number of aliphatic hydroxyl groups is 1. The summed E-state index contributed by atoms with van der Waals surface area (Å²) in [6.45, 7) is 1.51. The van der Waals surface area contributed by atoms with Crippen LogP contribution in [0.5, 0.6) is 11.5 Å². The Morgan fingerprint density at radius 2 is 1.86 bits per heavy atom. The van der Waals surface area contributed by atoms with E-state index in [-0.39, 0.29) is 11.9 Å². The minimum absolute atomic E-state index is 0.239. The number of rotatable bonds is 5. The lowest BCUT2D eigenvalue weighted by molar-refractivity contribution is -0.126. The van der Waals surface area contributed by atoms with Crippen molar-refractivity contribution in [3.05, 3.63) is 48.0 Å². The molecule has 0 aliphatic carbocycles. The van der Waals surface area contributed by atoms with E-state index in [0.29, 0.717) is 6.54 Å². The summed E-state index contributed by atoms with van der Waals surface area (Å²) in [7, 11) is 3.25. The molecule has 2 aromatic rings. The standard InChI is InChI=1S/C22H26N2O4S/c1-27-16-7-5-14(6-8-16)21-20(25)22(26)24(13-15-4-3-11-23-15)18-10-9-17(28-2)12-19(18)29-21/h5-10,12,15,20-21,23,25H,3-4,11,13H2,1-2H3/t15-,20+,21-/m0/s1. The van der Waals surface area contributed by atoms with Crippen molar-refractivity contribution in [3.63, 3.8) is 0 Å². The van der Waals surface area contributed by atoms with Crippen molar-refractivity contribution in [2.24, 2.45) is 0 Å². The van der Waals surface area contributed by atoms with Crippen molar-refractivity contribution >= 4 is 23.4 Å². The fourth-order valence-corrected chi connectivity index (χ4v) is 5.21. The maximum atomic E-state index is 13.3. The first-order chi connectivity index (χ1) is 14.1. The summed E-state index contributed by atoms with van der Waals surface area (Å²) >= 11 is 1.49. The summed E-state index contributed by atoms with van der Waals surface area (Å²) in [5.41, 5.74) is 1.70. The van der Waals surface area contributed by atoms with Crippen molar-refractivity contribution in [1.82, 2.24) is 5.32 Å². The van der Waals surface area contributed by atoms with Crippen molar-refractivity contribution < 1.29 is 19.4 Å². The SMILES string of the molecule is COc1ccc([C@@H]2Sc3cc(OC)ccc3N(C[C@@H]3CCCN3)C(=O)[C@@H]2O)cc1. The number of nitrogens with one attached hydrogen (secondary N) is 1. The zero-order valence-corrected chi connectivity index (χ0v) is 17.4. The zero-order chi connectivity index (χ0) is 20.4. The molecule has 2 aromatic carbocycles. The molecule has 2 heterocycles. The largest absolute Gasteiger partial charge is 0.497 e. The molecule has 154 valence electrons. The highest BCUT2D eigenvalue weighted by molar-refractivity contribution is 7.99. The second-order valence-electron chi connectivity index (χ2n) is 7.33. The van der Waals surface area contributed by atoms with E-state index in [2.05, 4.69) is 5.32 Å². The molecule has 0 radical (unpaired) electrons. The number of carbonyl (C=O) groups excluding carboxylic acids is 1. The van der Waals surface area contributed by atoms with Crippen molar-refractivity contribution in [2.75, 3.05) is 32.2 Å². The van der Waals surface area contributed by atoms with Gasteiger partial charge >= 0.3 is 0 Å². The molecule has 3 atom stereocenters. The number of thioether (sulfide) groups is 1. The summed E-state index contributed by atoms with van der Waals surface area (Å²) in [5.74, 6) is 1.20. The van der Waals surface area contributed by atoms with Crippen LogP contribution >= 0.6 is 11.8 Å². The third-order valence-corrected chi connectivity index (χ3v) is 6.89. The molecule has 4 rings (SSSR count). The van der Waals surface area contributed by atoms with E-state index in [1.807, 2.05) is 42.5 Å². The Hall–Kier alpha value is -2.22. The van der Waals surface area contributed by atoms with Gasteiger partial charge in [-0.25, -0.2) is 0 Å². The quantitative estimate of drug-likeness (QED) is 0.784. The Bertz CT molecular complexity index is 868. The van der Waals surface area contributed by atoms with Gasteiger partial charge in [-0.1, -0.05) is 12.1 Å². The molecule has 0 spiro atoms. The summed E-state index contributed by atoms with van der Waals surface area (Å²) < 4.78 is 10.6. The van der Waals surface area contributed by atoms with Gasteiger partial charge in [-0.05, 0) is 55.3 Å². The Labute approximate surface area is 175 Å². The number of hydrogen-bond donors (Lipinski definition) is 2. The number of ether oxygens (including phenoxy) is 2. The summed E-state index contributed by atoms with van der Waals surface area (Å²) in [6, 6.07) is 13.5. The molecule has 6 nitrogen and oxygen atoms in total. The summed E-state index contributed by atoms with van der Waals surface area (Å²) in [4.78, 5) is 16.0. The van der Waals surface area contributed by atoms with E-state index in [1.54, 1.807) is 19.1 Å². The molecule has 0 saturated carbocycles. The minimum atomic E-state index is -1.15. The maximum Gasteiger partial charge on any atom is 0.257 e. The average Bonchev–Trinajstić information content (AvgIpc) is 3.25. The average molecular weight is 415 g/mol. The van der Waals surface area contributed by atoms with Crippen LogP contribution in [0.4, 0.5) is 5.69 Å². The van der Waals surface area contributed by atoms with E-state index in [4.69, 9.17) is 9.47 Å². The van der Waals surface area contributed by atoms with Gasteiger partial charge < -0.3 is 24.8 Å². The lowest BCUT2D eigenvalue weighted by Gasteiger charge is -2.27. The number of amides is 1. The number of methoxy groups -OCH3 is 2. The number of benzene rings is 2. The van der Waals surface area contributed by atoms with E-state index >= 15 is 0 Å². The monoisotopic (exact) mass is 414 g/mol. The molecule has 2 aliphatic rings. The minimum Gasteiger partial charge on any atom is -0.497 e. The van der Waals surface area contributed by atoms with Crippen LogP contribution in [0.1, 0.15) is 23.7 Å². The summed E-state index contributed by atoms with van der Waals surface area (Å²) in [6.07, 6.45) is 0.988. The van der Waals surface area contributed by atoms with Gasteiger partial charge in [0.15, 0.2) is 0 Å². The van der Waals surface area contributed by atoms with Crippen LogP contribution in [0.15, 0.2) is 47.4 Å². The molecule has 2 aliphatic heterocycles. The van der Waals surface area contributed by atoms with Gasteiger partial charge in [-0.2, -0.15) is 0 Å². The fraction of sp³-hybridized carbons (Fsp3) is 0.409. The molecule has 2 N–H and O–H groups in total. The molecule has 29 heavy (non-hydrogen) atoms. The Kier molecular flexibility index (Phi) is 5.99. The first-order valence-electron chi connectivity index (χ1n) is 9.82. The van der Waals surface area contributed by atoms with E-state index in [9.17, 15) is 9.90 Å². The van der Waals surface area contributed by atoms with Crippen LogP contribution in [0.3, 0.4) is 0 Å². The number of nitrogens with zero attached hydrogens (tertiary/aromatic N) is 1. The van der Waals surface area contributed by atoms with Crippen molar-refractivity contribution in [3.8, 4) is 11.5 Å². The molecule has 1 fully saturated rings. The van der Waals surface area contributed by atoms with Gasteiger partial charge in [0.2, 0.25) is 0 Å². The normalized spacial score (nSPS) is 24.2. The number of carbonyl (C=O) groups is 1. The van der Waals surface area contributed by atoms with Crippen LogP contribution in [0.25, 0.3) is 0 Å². The molecule has 0 bridgehead atoms. The highest BCUT2D eigenvalue weighted by Crippen LogP contribution is 2.47. The molecule has 7 heteroatoms. The predicted molar refractivity (Wildman–Crippen MR) is 114 cm³/mol. The van der Waals surface area contributed by atoms with Crippen LogP contribution in [-0.4, -0.2) is 50.5 Å². The van der Waals surface area contributed by atoms with E-state index in [1.165, 1.54) is 11.8 Å². The Balaban J connectivity index is 1.72. The van der Waals surface area contributed by atoms with Crippen LogP contribution in [0, 0.1) is 0 Å². The van der Waals surface area contributed by atoms with Crippen molar-refractivity contribution in [2.45, 2.75) is 35.1 Å². The van der Waals surface area contributed by atoms with Gasteiger partial charge in [0.1, 0.15) is 17.6 Å². The maximum absolute atomic E-state index is 13.3. The third kappa shape index (κ3) is 4.08. The van der Waals surface area contributed by atoms with Gasteiger partial charge in [-0.15, -0.1) is 11.8 Å². The molecular weight excluding hydrogens is 388 g/mol. The highest BCUT2D eigenvalue weighted by atomic mass is 32.2. The smallest absolute Gasteiger partial charge is 0.257 e. The molecule has 1 saturated heterocycles. The number of anilines is 1. The Morgan fingerprint density at radius 1 is 1.14 bits per heavy atom. The van der Waals surface area contributed by atoms with E-state index in [0.717, 1.165) is 47.0 Å². The van der Waals surface area contributed by atoms with Gasteiger partial charge in [-0.3, -0.25) is 4.79 Å². The van der Waals surface area contributed by atoms with Crippen LogP contribution in [-0.2, 0) is 4.79 Å². The summed E-state index contributed by atoms with van der Waals surface area (Å²) in [5, 5.41) is 14.1. The topological polar surface area (TPSA) is 71.0 Å². The lowest BCUT2D eigenvalue weighted by Crippen LogP contribution is -2.46. The zero-order valence-electron chi connectivity index (χ0n) is 16.6.